The maximum Gasteiger partial charge on any atom is 0.513 e. The van der Waals surface area contributed by atoms with Gasteiger partial charge in [0.1, 0.15) is 35.2 Å². The Morgan fingerprint density at radius 3 is 0.829 bits per heavy atom. The van der Waals surface area contributed by atoms with E-state index in [9.17, 15) is 9.59 Å². The zero-order valence-corrected chi connectivity index (χ0v) is 52.7. The molecule has 0 radical (unpaired) electrons. The summed E-state index contributed by atoms with van der Waals surface area (Å²) in [5, 5.41) is 0. The van der Waals surface area contributed by atoms with Gasteiger partial charge in [0.15, 0.2) is 0 Å². The third-order valence-electron chi connectivity index (χ3n) is 9.80. The summed E-state index contributed by atoms with van der Waals surface area (Å²) in [7, 11) is 6.50. The number of terminal acetylenes is 2. The van der Waals surface area contributed by atoms with Crippen LogP contribution in [-0.4, -0.2) is 251 Å². The molecule has 0 amide bonds. The molecule has 2 rings (SSSR count). The molecule has 0 bridgehead atoms. The van der Waals surface area contributed by atoms with Crippen molar-refractivity contribution in [2.75, 3.05) is 227 Å². The lowest BCUT2D eigenvalue weighted by molar-refractivity contribution is -0.0415. The zero-order valence-electron chi connectivity index (χ0n) is 48.4. The van der Waals surface area contributed by atoms with E-state index in [0.717, 1.165) is 0 Å². The van der Waals surface area contributed by atoms with Gasteiger partial charge in [-0.25, -0.2) is 9.59 Å². The molecule has 0 N–H and O–H groups in total. The van der Waals surface area contributed by atoms with Crippen LogP contribution in [0.15, 0.2) is 24.3 Å². The van der Waals surface area contributed by atoms with Gasteiger partial charge in [-0.1, -0.05) is 11.8 Å². The number of halogens is 2. The molecule has 0 aromatic heterocycles. The van der Waals surface area contributed by atoms with Gasteiger partial charge in [0.2, 0.25) is 0 Å². The Morgan fingerprint density at radius 2 is 0.610 bits per heavy atom. The SMILES string of the molecule is C#Cc1cc(OC(COCCOCCOCCOC)COCCOCCOCCOC)c(C#C)cc1OC(COCCOCCOCCOC)COCCOCCOCCOC.CCOC(=O)Oc1cc(I)c(OC(=O)OCC)cc1I. The molecular weight excluding hydrogens is 1310 g/mol. The van der Waals surface area contributed by atoms with Crippen LogP contribution in [0.25, 0.3) is 0 Å². The molecule has 468 valence electrons. The van der Waals surface area contributed by atoms with E-state index in [1.807, 2.05) is 45.2 Å². The van der Waals surface area contributed by atoms with Gasteiger partial charge >= 0.3 is 12.3 Å². The highest BCUT2D eigenvalue weighted by Gasteiger charge is 2.21. The lowest BCUT2D eigenvalue weighted by Crippen LogP contribution is -2.31. The van der Waals surface area contributed by atoms with E-state index in [4.69, 9.17) is 117 Å². The van der Waals surface area contributed by atoms with Crippen molar-refractivity contribution in [3.05, 3.63) is 42.5 Å². The van der Waals surface area contributed by atoms with Gasteiger partial charge in [0.05, 0.1) is 216 Å². The molecule has 0 fully saturated rings. The van der Waals surface area contributed by atoms with Gasteiger partial charge in [-0.05, 0) is 71.2 Å². The number of ether oxygens (including phenoxy) is 22. The van der Waals surface area contributed by atoms with E-state index in [-0.39, 0.29) is 39.6 Å². The molecule has 0 heterocycles. The van der Waals surface area contributed by atoms with Crippen molar-refractivity contribution < 1.29 is 114 Å². The summed E-state index contributed by atoms with van der Waals surface area (Å²) < 4.78 is 121. The molecule has 0 saturated carbocycles. The minimum Gasteiger partial charge on any atom is -0.484 e. The maximum atomic E-state index is 11.3. The predicted octanol–water partition coefficient (Wildman–Crippen LogP) is 5.90. The van der Waals surface area contributed by atoms with Crippen molar-refractivity contribution in [2.24, 2.45) is 0 Å². The molecule has 0 aliphatic heterocycles. The van der Waals surface area contributed by atoms with Crippen molar-refractivity contribution in [3.8, 4) is 47.7 Å². The van der Waals surface area contributed by atoms with E-state index in [0.29, 0.717) is 200 Å². The van der Waals surface area contributed by atoms with E-state index < -0.39 is 24.5 Å². The smallest absolute Gasteiger partial charge is 0.484 e. The zero-order chi connectivity index (χ0) is 59.9. The molecule has 0 saturated heterocycles. The normalized spacial score (nSPS) is 11.0. The number of methoxy groups -OCH3 is 4. The van der Waals surface area contributed by atoms with E-state index in [2.05, 4.69) is 11.8 Å². The molecule has 0 spiro atoms. The van der Waals surface area contributed by atoms with Crippen LogP contribution in [-0.2, 0) is 85.3 Å². The van der Waals surface area contributed by atoms with Crippen LogP contribution < -0.4 is 18.9 Å². The molecule has 0 unspecified atom stereocenters. The standard InChI is InChI=1S/C44H74O18.C12H12I2O6/c1-7-39-33-44(62-42(37-59-31-27-55-23-19-51-15-11-47-5)38-60-32-28-56-24-20-52-16-12-48-6)40(8-2)34-43(39)61-41(35-57-29-25-53-21-17-49-13-9-45-3)36-58-30-26-54-22-18-50-14-10-46-4;1-3-17-11(15)19-9-5-8(14)10(6-7(9)13)20-12(16)18-4-2/h1-2,33-34,41-42H,9-32,35-38H2,3-6H3;5-6H,3-4H2,1-2H3. The third-order valence-corrected chi connectivity index (χ3v) is 11.5. The average Bonchev–Trinajstić information content (AvgIpc) is 3.55. The highest BCUT2D eigenvalue weighted by molar-refractivity contribution is 14.1. The summed E-state index contributed by atoms with van der Waals surface area (Å²) in [5.41, 5.74) is 0.834. The molecule has 24 nitrogen and oxygen atoms in total. The van der Waals surface area contributed by atoms with Crippen LogP contribution >= 0.6 is 45.2 Å². The largest absolute Gasteiger partial charge is 0.513 e. The second-order valence-corrected chi connectivity index (χ2v) is 18.4. The van der Waals surface area contributed by atoms with Gasteiger partial charge in [0.25, 0.3) is 0 Å². The molecule has 2 aromatic carbocycles. The molecule has 0 aliphatic carbocycles. The number of rotatable bonds is 52. The Balaban J connectivity index is 0.00000140. The first-order valence-corrected chi connectivity index (χ1v) is 28.8. The predicted molar refractivity (Wildman–Crippen MR) is 316 cm³/mol. The fourth-order valence-corrected chi connectivity index (χ4v) is 7.00. The number of hydrogen-bond acceptors (Lipinski definition) is 24. The van der Waals surface area contributed by atoms with Crippen molar-refractivity contribution in [1.82, 2.24) is 0 Å². The van der Waals surface area contributed by atoms with Crippen molar-refractivity contribution in [1.29, 1.82) is 0 Å². The van der Waals surface area contributed by atoms with Crippen molar-refractivity contribution >= 4 is 57.5 Å². The molecule has 0 aliphatic rings. The maximum absolute atomic E-state index is 11.3. The fourth-order valence-electron chi connectivity index (χ4n) is 5.90. The monoisotopic (exact) mass is 1400 g/mol. The van der Waals surface area contributed by atoms with Gasteiger partial charge in [0, 0.05) is 40.6 Å². The lowest BCUT2D eigenvalue weighted by atomic mass is 10.1. The Labute approximate surface area is 511 Å². The minimum atomic E-state index is -0.778. The van der Waals surface area contributed by atoms with E-state index >= 15 is 0 Å². The highest BCUT2D eigenvalue weighted by Crippen LogP contribution is 2.32. The fraction of sp³-hybridized carbons (Fsp3) is 0.679. The Kier molecular flexibility index (Phi) is 51.7. The van der Waals surface area contributed by atoms with E-state index in [1.54, 1.807) is 66.6 Å². The summed E-state index contributed by atoms with van der Waals surface area (Å²) in [6.07, 6.45) is 9.34. The van der Waals surface area contributed by atoms with Gasteiger partial charge in [-0.2, -0.15) is 0 Å². The molecule has 82 heavy (non-hydrogen) atoms. The molecule has 26 heteroatoms. The quantitative estimate of drug-likeness (QED) is 0.0247. The lowest BCUT2D eigenvalue weighted by Gasteiger charge is -2.23. The second-order valence-electron chi connectivity index (χ2n) is 16.1. The van der Waals surface area contributed by atoms with Crippen LogP contribution in [0, 0.1) is 31.8 Å². The minimum absolute atomic E-state index is 0.182. The summed E-state index contributed by atoms with van der Waals surface area (Å²) in [6, 6.07) is 6.49. The van der Waals surface area contributed by atoms with Crippen molar-refractivity contribution in [3.63, 3.8) is 0 Å². The summed E-state index contributed by atoms with van der Waals surface area (Å²) in [5.74, 6) is 6.80. The number of carbonyl (C=O) groups excluding carboxylic acids is 2. The molecular formula is C56H86I2O24. The first kappa shape index (κ1) is 76.5. The van der Waals surface area contributed by atoms with Crippen LogP contribution in [0.2, 0.25) is 0 Å². The average molecular weight is 1400 g/mol. The molecule has 0 atom stereocenters. The summed E-state index contributed by atoms with van der Waals surface area (Å²) in [6.45, 7) is 15.0. The number of hydrogen-bond donors (Lipinski definition) is 0. The summed E-state index contributed by atoms with van der Waals surface area (Å²) in [4.78, 5) is 22.5. The number of benzene rings is 2. The number of carbonyl (C=O) groups is 2. The Bertz CT molecular complexity index is 1790. The topological polar surface area (TPSA) is 237 Å². The first-order valence-electron chi connectivity index (χ1n) is 26.6. The summed E-state index contributed by atoms with van der Waals surface area (Å²) >= 11 is 3.93. The van der Waals surface area contributed by atoms with Crippen LogP contribution in [0.5, 0.6) is 23.0 Å². The van der Waals surface area contributed by atoms with Crippen LogP contribution in [0.3, 0.4) is 0 Å². The Morgan fingerprint density at radius 1 is 0.378 bits per heavy atom. The van der Waals surface area contributed by atoms with Crippen LogP contribution in [0.4, 0.5) is 9.59 Å². The highest BCUT2D eigenvalue weighted by atomic mass is 127. The Hall–Kier alpha value is -3.48. The second kappa shape index (κ2) is 55.4. The van der Waals surface area contributed by atoms with Crippen molar-refractivity contribution in [2.45, 2.75) is 26.1 Å². The first-order chi connectivity index (χ1) is 40.1. The van der Waals surface area contributed by atoms with Gasteiger partial charge in [-0.15, -0.1) is 12.8 Å². The third kappa shape index (κ3) is 41.5. The molecule has 2 aromatic rings. The van der Waals surface area contributed by atoms with Gasteiger partial charge in [-0.3, -0.25) is 0 Å². The van der Waals surface area contributed by atoms with Gasteiger partial charge < -0.3 is 104 Å². The van der Waals surface area contributed by atoms with Crippen LogP contribution in [0.1, 0.15) is 25.0 Å². The van der Waals surface area contributed by atoms with E-state index in [1.165, 1.54) is 0 Å².